The van der Waals surface area contributed by atoms with Gasteiger partial charge in [0.05, 0.1) is 23.7 Å². The average Bonchev–Trinajstić information content (AvgIpc) is 3.56. The topological polar surface area (TPSA) is 135 Å². The molecule has 0 bridgehead atoms. The number of carboxylic acid groups (broad SMARTS) is 1. The van der Waals surface area contributed by atoms with Gasteiger partial charge in [0.2, 0.25) is 5.82 Å². The van der Waals surface area contributed by atoms with Crippen LogP contribution in [-0.4, -0.2) is 94.4 Å². The molecule has 3 aliphatic rings. The molecule has 1 saturated carbocycles. The first-order chi connectivity index (χ1) is 21.0. The number of carbonyl (C=O) groups is 2. The number of nitrogens with zero attached hydrogens (tertiary/aromatic N) is 6. The van der Waals surface area contributed by atoms with Crippen LogP contribution < -0.4 is 10.4 Å². The number of amides is 1. The number of rotatable bonds is 7. The van der Waals surface area contributed by atoms with E-state index in [1.807, 2.05) is 29.3 Å². The molecule has 3 fully saturated rings. The van der Waals surface area contributed by atoms with Crippen molar-refractivity contribution in [3.63, 3.8) is 0 Å². The highest BCUT2D eigenvalue weighted by Crippen LogP contribution is 2.30. The van der Waals surface area contributed by atoms with Crippen molar-refractivity contribution >= 4 is 33.6 Å². The summed E-state index contributed by atoms with van der Waals surface area (Å²) in [6.07, 6.45) is 2.95. The van der Waals surface area contributed by atoms with E-state index in [1.165, 1.54) is 12.8 Å². The van der Waals surface area contributed by atoms with Crippen molar-refractivity contribution in [2.45, 2.75) is 63.3 Å². The summed E-state index contributed by atoms with van der Waals surface area (Å²) in [4.78, 5) is 35.8. The number of carbonyl (C=O) groups excluding carboxylic acids is 1. The number of morpholine rings is 1. The summed E-state index contributed by atoms with van der Waals surface area (Å²) in [5.74, 6) is -2.34. The lowest BCUT2D eigenvalue weighted by Crippen LogP contribution is -2.49. The summed E-state index contributed by atoms with van der Waals surface area (Å²) in [5.41, 5.74) is 4.85. The summed E-state index contributed by atoms with van der Waals surface area (Å²) in [6.45, 7) is 6.76. The van der Waals surface area contributed by atoms with Crippen LogP contribution in [-0.2, 0) is 16.1 Å². The van der Waals surface area contributed by atoms with Gasteiger partial charge in [-0.2, -0.15) is 23.4 Å². The minimum absolute atomic E-state index is 0.0785. The third-order valence-electron chi connectivity index (χ3n) is 7.92. The molecule has 2 N–H and O–H groups in total. The first-order valence-electron chi connectivity index (χ1n) is 14.5. The summed E-state index contributed by atoms with van der Waals surface area (Å²) in [6, 6.07) is 10.7. The molecule has 1 aromatic heterocycles. The molecule has 1 aromatic carbocycles. The van der Waals surface area contributed by atoms with Gasteiger partial charge in [0.25, 0.3) is 5.91 Å². The molecule has 0 spiro atoms. The molecule has 15 heteroatoms. The molecular weight excluding hydrogens is 647 g/mol. The van der Waals surface area contributed by atoms with Crippen molar-refractivity contribution in [1.82, 2.24) is 25.2 Å². The molecule has 0 atom stereocenters. The average molecular weight is 683 g/mol. The number of aromatic nitrogens is 2. The summed E-state index contributed by atoms with van der Waals surface area (Å²) in [7, 11) is 0. The number of ether oxygens (including phenoxy) is 1. The Balaban J connectivity index is 0.000000566. The predicted molar refractivity (Wildman–Crippen MR) is 157 cm³/mol. The largest absolute Gasteiger partial charge is 0.490 e. The molecule has 1 aliphatic carbocycles. The Morgan fingerprint density at radius 1 is 1.14 bits per heavy atom. The second kappa shape index (κ2) is 15.6. The van der Waals surface area contributed by atoms with Crippen molar-refractivity contribution in [3.8, 4) is 6.07 Å². The number of hydrogen-bond donors (Lipinski definition) is 2. The SMILES string of the molecule is N#Cc1ncc(Br)c(N(NC(=O)c2cccc(CN3CCC(N4CCOCC4)CC3)c2)C2CCCC2)n1.O=C(O)C(F)(F)F. The molecule has 0 radical (unpaired) electrons. The minimum Gasteiger partial charge on any atom is -0.475 e. The van der Waals surface area contributed by atoms with Crippen LogP contribution in [0.1, 0.15) is 60.3 Å². The standard InChI is InChI=1S/C27H34BrN7O2.C2HF3O2/c28-24-18-30-25(17-29)31-26(24)35(23-6-1-2-7-23)32-27(36)21-5-3-4-20(16-21)19-33-10-8-22(9-11-33)34-12-14-37-15-13-34;3-2(4,5)1(6)7/h3-5,16,18,22-23H,1-2,6-15,19H2,(H,32,36);(H,6,7). The fourth-order valence-electron chi connectivity index (χ4n) is 5.69. The fourth-order valence-corrected chi connectivity index (χ4v) is 6.07. The third kappa shape index (κ3) is 9.34. The molecule has 11 nitrogen and oxygen atoms in total. The zero-order chi connectivity index (χ0) is 31.7. The van der Waals surface area contributed by atoms with E-state index in [1.54, 1.807) is 6.20 Å². The second-order valence-corrected chi connectivity index (χ2v) is 11.7. The molecule has 3 heterocycles. The highest BCUT2D eigenvalue weighted by molar-refractivity contribution is 9.10. The fraction of sp³-hybridized carbons (Fsp3) is 0.552. The van der Waals surface area contributed by atoms with Gasteiger partial charge in [-0.15, -0.1) is 0 Å². The molecule has 0 unspecified atom stereocenters. The Bertz CT molecular complexity index is 1320. The molecule has 1 amide bonds. The number of hydrazine groups is 1. The minimum atomic E-state index is -5.08. The number of nitriles is 1. The normalized spacial score (nSPS) is 18.6. The molecule has 238 valence electrons. The Labute approximate surface area is 262 Å². The first-order valence-corrected chi connectivity index (χ1v) is 15.3. The van der Waals surface area contributed by atoms with Crippen molar-refractivity contribution in [3.05, 3.63) is 51.9 Å². The lowest BCUT2D eigenvalue weighted by molar-refractivity contribution is -0.192. The monoisotopic (exact) mass is 681 g/mol. The predicted octanol–water partition coefficient (Wildman–Crippen LogP) is 4.13. The second-order valence-electron chi connectivity index (χ2n) is 10.9. The maximum Gasteiger partial charge on any atom is 0.490 e. The van der Waals surface area contributed by atoms with E-state index in [4.69, 9.17) is 14.6 Å². The number of anilines is 1. The molecule has 2 aromatic rings. The molecular formula is C29H35BrF3N7O4. The van der Waals surface area contributed by atoms with Gasteiger partial charge >= 0.3 is 12.1 Å². The summed E-state index contributed by atoms with van der Waals surface area (Å²) < 4.78 is 37.9. The maximum atomic E-state index is 13.4. The van der Waals surface area contributed by atoms with Gasteiger partial charge in [-0.25, -0.2) is 9.78 Å². The van der Waals surface area contributed by atoms with E-state index in [2.05, 4.69) is 47.2 Å². The lowest BCUT2D eigenvalue weighted by atomic mass is 10.0. The first kappa shape index (κ1) is 33.6. The van der Waals surface area contributed by atoms with Gasteiger partial charge in [-0.05, 0) is 72.4 Å². The van der Waals surface area contributed by atoms with Gasteiger partial charge in [-0.3, -0.25) is 25.0 Å². The van der Waals surface area contributed by atoms with Crippen LogP contribution in [0.15, 0.2) is 34.9 Å². The van der Waals surface area contributed by atoms with Crippen molar-refractivity contribution in [1.29, 1.82) is 5.26 Å². The molecule has 5 rings (SSSR count). The van der Waals surface area contributed by atoms with E-state index < -0.39 is 12.1 Å². The van der Waals surface area contributed by atoms with Crippen LogP contribution in [0.4, 0.5) is 19.0 Å². The highest BCUT2D eigenvalue weighted by Gasteiger charge is 2.38. The third-order valence-corrected chi connectivity index (χ3v) is 8.48. The molecule has 2 aliphatic heterocycles. The van der Waals surface area contributed by atoms with Crippen LogP contribution in [0.2, 0.25) is 0 Å². The Morgan fingerprint density at radius 3 is 2.41 bits per heavy atom. The highest BCUT2D eigenvalue weighted by atomic mass is 79.9. The lowest BCUT2D eigenvalue weighted by Gasteiger charge is -2.40. The number of aliphatic carboxylic acids is 1. The summed E-state index contributed by atoms with van der Waals surface area (Å²) in [5, 5.41) is 18.2. The van der Waals surface area contributed by atoms with Gasteiger partial charge in [0, 0.05) is 37.4 Å². The Morgan fingerprint density at radius 2 is 1.80 bits per heavy atom. The van der Waals surface area contributed by atoms with Gasteiger partial charge < -0.3 is 9.84 Å². The van der Waals surface area contributed by atoms with E-state index >= 15 is 0 Å². The Kier molecular flexibility index (Phi) is 11.9. The summed E-state index contributed by atoms with van der Waals surface area (Å²) >= 11 is 3.51. The van der Waals surface area contributed by atoms with Crippen LogP contribution in [0, 0.1) is 11.3 Å². The van der Waals surface area contributed by atoms with E-state index in [0.29, 0.717) is 21.9 Å². The van der Waals surface area contributed by atoms with E-state index in [9.17, 15) is 23.2 Å². The Hall–Kier alpha value is -3.32. The molecule has 2 saturated heterocycles. The van der Waals surface area contributed by atoms with Crippen molar-refractivity contribution in [2.24, 2.45) is 0 Å². The molecule has 44 heavy (non-hydrogen) atoms. The van der Waals surface area contributed by atoms with Gasteiger partial charge in [0.1, 0.15) is 6.07 Å². The number of halogens is 4. The van der Waals surface area contributed by atoms with Gasteiger partial charge in [0.15, 0.2) is 5.82 Å². The van der Waals surface area contributed by atoms with Crippen molar-refractivity contribution < 1.29 is 32.6 Å². The van der Waals surface area contributed by atoms with Crippen LogP contribution in [0.5, 0.6) is 0 Å². The van der Waals surface area contributed by atoms with E-state index in [-0.39, 0.29) is 17.8 Å². The number of benzene rings is 1. The smallest absolute Gasteiger partial charge is 0.475 e. The number of carboxylic acids is 1. The van der Waals surface area contributed by atoms with Crippen LogP contribution >= 0.6 is 15.9 Å². The van der Waals surface area contributed by atoms with Gasteiger partial charge in [-0.1, -0.05) is 25.0 Å². The maximum absolute atomic E-state index is 13.4. The van der Waals surface area contributed by atoms with Crippen LogP contribution in [0.25, 0.3) is 0 Å². The van der Waals surface area contributed by atoms with E-state index in [0.717, 1.165) is 77.2 Å². The van der Waals surface area contributed by atoms with Crippen molar-refractivity contribution in [2.75, 3.05) is 44.4 Å². The van der Waals surface area contributed by atoms with Crippen LogP contribution in [0.3, 0.4) is 0 Å². The quantitative estimate of drug-likeness (QED) is 0.411. The number of likely N-dealkylation sites (tertiary alicyclic amines) is 1. The number of piperidine rings is 1. The number of alkyl halides is 3. The zero-order valence-corrected chi connectivity index (χ0v) is 25.7. The number of hydrogen-bond acceptors (Lipinski definition) is 9. The number of nitrogens with one attached hydrogen (secondary N) is 1. The zero-order valence-electron chi connectivity index (χ0n) is 24.1.